The van der Waals surface area contributed by atoms with Crippen LogP contribution in [0.3, 0.4) is 0 Å². The first-order valence-electron chi connectivity index (χ1n) is 4.78. The van der Waals surface area contributed by atoms with Gasteiger partial charge in [-0.15, -0.1) is 0 Å². The smallest absolute Gasteiger partial charge is 0.221 e. The Kier molecular flexibility index (Phi) is 2.94. The van der Waals surface area contributed by atoms with Gasteiger partial charge >= 0.3 is 0 Å². The van der Waals surface area contributed by atoms with Crippen LogP contribution in [0.4, 0.5) is 5.69 Å². The van der Waals surface area contributed by atoms with E-state index in [-0.39, 0.29) is 11.3 Å². The molecule has 0 aliphatic carbocycles. The number of amides is 1. The van der Waals surface area contributed by atoms with Gasteiger partial charge in [-0.05, 0) is 23.1 Å². The van der Waals surface area contributed by atoms with Crippen molar-refractivity contribution in [3.63, 3.8) is 0 Å². The fourth-order valence-corrected chi connectivity index (χ4v) is 1.27. The molecular formula is C12H17NO. The van der Waals surface area contributed by atoms with Crippen LogP contribution < -0.4 is 5.32 Å². The molecule has 0 aliphatic rings. The molecule has 0 aliphatic heterocycles. The molecule has 0 atom stereocenters. The average molecular weight is 191 g/mol. The van der Waals surface area contributed by atoms with Gasteiger partial charge in [-0.25, -0.2) is 0 Å². The summed E-state index contributed by atoms with van der Waals surface area (Å²) in [6.45, 7) is 7.98. The Bertz CT molecular complexity index is 336. The summed E-state index contributed by atoms with van der Waals surface area (Å²) in [5, 5.41) is 2.78. The second-order valence-electron chi connectivity index (χ2n) is 4.51. The largest absolute Gasteiger partial charge is 0.326 e. The van der Waals surface area contributed by atoms with Gasteiger partial charge < -0.3 is 5.32 Å². The van der Waals surface area contributed by atoms with Crippen molar-refractivity contribution in [1.29, 1.82) is 0 Å². The molecule has 0 spiro atoms. The predicted octanol–water partition coefficient (Wildman–Crippen LogP) is 2.94. The zero-order valence-electron chi connectivity index (χ0n) is 9.22. The van der Waals surface area contributed by atoms with E-state index >= 15 is 0 Å². The number of hydrogen-bond acceptors (Lipinski definition) is 1. The highest BCUT2D eigenvalue weighted by Crippen LogP contribution is 2.24. The van der Waals surface area contributed by atoms with Crippen molar-refractivity contribution in [3.05, 3.63) is 29.8 Å². The van der Waals surface area contributed by atoms with Gasteiger partial charge in [-0.1, -0.05) is 32.9 Å². The first-order chi connectivity index (χ1) is 6.39. The topological polar surface area (TPSA) is 29.1 Å². The Morgan fingerprint density at radius 2 is 1.93 bits per heavy atom. The van der Waals surface area contributed by atoms with Gasteiger partial charge in [-0.2, -0.15) is 0 Å². The Morgan fingerprint density at radius 3 is 2.43 bits per heavy atom. The molecule has 0 saturated heterocycles. The second kappa shape index (κ2) is 3.82. The summed E-state index contributed by atoms with van der Waals surface area (Å²) < 4.78 is 0. The van der Waals surface area contributed by atoms with E-state index in [9.17, 15) is 4.79 Å². The van der Waals surface area contributed by atoms with Crippen LogP contribution >= 0.6 is 0 Å². The van der Waals surface area contributed by atoms with Crippen molar-refractivity contribution in [2.24, 2.45) is 0 Å². The molecular weight excluding hydrogens is 174 g/mol. The molecule has 0 fully saturated rings. The molecule has 1 aromatic rings. The Labute approximate surface area is 85.3 Å². The minimum atomic E-state index is -0.0314. The lowest BCUT2D eigenvalue weighted by molar-refractivity contribution is -0.114. The van der Waals surface area contributed by atoms with Gasteiger partial charge in [0.1, 0.15) is 0 Å². The van der Waals surface area contributed by atoms with E-state index in [0.717, 1.165) is 5.69 Å². The molecule has 2 nitrogen and oxygen atoms in total. The summed E-state index contributed by atoms with van der Waals surface area (Å²) in [6, 6.07) is 7.95. The summed E-state index contributed by atoms with van der Waals surface area (Å²) in [6.07, 6.45) is 0. The van der Waals surface area contributed by atoms with Crippen LogP contribution in [0.25, 0.3) is 0 Å². The Balaban J connectivity index is 2.95. The normalized spacial score (nSPS) is 11.1. The van der Waals surface area contributed by atoms with E-state index in [0.29, 0.717) is 0 Å². The molecule has 1 amide bonds. The maximum atomic E-state index is 10.9. The van der Waals surface area contributed by atoms with E-state index in [1.54, 1.807) is 0 Å². The first kappa shape index (κ1) is 10.8. The number of rotatable bonds is 1. The van der Waals surface area contributed by atoms with Crippen LogP contribution in [0.2, 0.25) is 0 Å². The molecule has 2 heteroatoms. The number of carbonyl (C=O) groups excluding carboxylic acids is 1. The van der Waals surface area contributed by atoms with E-state index < -0.39 is 0 Å². The molecule has 1 aromatic carbocycles. The Morgan fingerprint density at radius 1 is 1.29 bits per heavy atom. The molecule has 0 unspecified atom stereocenters. The van der Waals surface area contributed by atoms with Crippen molar-refractivity contribution in [1.82, 2.24) is 0 Å². The quantitative estimate of drug-likeness (QED) is 0.726. The van der Waals surface area contributed by atoms with Gasteiger partial charge in [0, 0.05) is 12.6 Å². The molecule has 0 bridgehead atoms. The van der Waals surface area contributed by atoms with Crippen molar-refractivity contribution >= 4 is 11.6 Å². The van der Waals surface area contributed by atoms with Crippen LogP contribution in [0.5, 0.6) is 0 Å². The van der Waals surface area contributed by atoms with Crippen LogP contribution in [0.15, 0.2) is 24.3 Å². The van der Waals surface area contributed by atoms with Crippen LogP contribution in [-0.2, 0) is 10.2 Å². The van der Waals surface area contributed by atoms with Crippen LogP contribution in [0.1, 0.15) is 33.3 Å². The first-order valence-corrected chi connectivity index (χ1v) is 4.78. The van der Waals surface area contributed by atoms with Crippen molar-refractivity contribution < 1.29 is 4.79 Å². The fraction of sp³-hybridized carbons (Fsp3) is 0.417. The monoisotopic (exact) mass is 191 g/mol. The minimum Gasteiger partial charge on any atom is -0.326 e. The molecule has 14 heavy (non-hydrogen) atoms. The minimum absolute atomic E-state index is 0.0314. The highest BCUT2D eigenvalue weighted by molar-refractivity contribution is 5.88. The lowest BCUT2D eigenvalue weighted by atomic mass is 9.87. The summed E-state index contributed by atoms with van der Waals surface area (Å²) in [4.78, 5) is 10.9. The highest BCUT2D eigenvalue weighted by Gasteiger charge is 2.13. The third kappa shape index (κ3) is 2.87. The third-order valence-corrected chi connectivity index (χ3v) is 2.05. The van der Waals surface area contributed by atoms with E-state index in [2.05, 4.69) is 32.2 Å². The lowest BCUT2D eigenvalue weighted by Gasteiger charge is -2.19. The van der Waals surface area contributed by atoms with Crippen LogP contribution in [-0.4, -0.2) is 5.91 Å². The lowest BCUT2D eigenvalue weighted by Crippen LogP contribution is -2.12. The molecule has 76 valence electrons. The van der Waals surface area contributed by atoms with Gasteiger partial charge in [0.05, 0.1) is 0 Å². The number of benzene rings is 1. The Hall–Kier alpha value is -1.31. The SMILES string of the molecule is CC(=O)Nc1cccc(C(C)(C)C)c1. The fourth-order valence-electron chi connectivity index (χ4n) is 1.27. The average Bonchev–Trinajstić information content (AvgIpc) is 2.01. The van der Waals surface area contributed by atoms with E-state index in [1.807, 2.05) is 18.2 Å². The molecule has 0 aromatic heterocycles. The highest BCUT2D eigenvalue weighted by atomic mass is 16.1. The van der Waals surface area contributed by atoms with Crippen molar-refractivity contribution in [2.75, 3.05) is 5.32 Å². The van der Waals surface area contributed by atoms with Gasteiger partial charge in [-0.3, -0.25) is 4.79 Å². The molecule has 1 N–H and O–H groups in total. The summed E-state index contributed by atoms with van der Waals surface area (Å²) in [7, 11) is 0. The maximum Gasteiger partial charge on any atom is 0.221 e. The molecule has 0 radical (unpaired) electrons. The standard InChI is InChI=1S/C12H17NO/c1-9(14)13-11-7-5-6-10(8-11)12(2,3)4/h5-8H,1-4H3,(H,13,14). The summed E-state index contributed by atoms with van der Waals surface area (Å²) in [5.41, 5.74) is 2.21. The predicted molar refractivity (Wildman–Crippen MR) is 59.4 cm³/mol. The number of hydrogen-bond donors (Lipinski definition) is 1. The molecule has 0 heterocycles. The van der Waals surface area contributed by atoms with E-state index in [4.69, 9.17) is 0 Å². The number of anilines is 1. The zero-order valence-corrected chi connectivity index (χ0v) is 9.22. The summed E-state index contributed by atoms with van der Waals surface area (Å²) in [5.74, 6) is -0.0314. The number of carbonyl (C=O) groups is 1. The van der Waals surface area contributed by atoms with Gasteiger partial charge in [0.25, 0.3) is 0 Å². The molecule has 1 rings (SSSR count). The van der Waals surface area contributed by atoms with Gasteiger partial charge in [0.15, 0.2) is 0 Å². The third-order valence-electron chi connectivity index (χ3n) is 2.05. The van der Waals surface area contributed by atoms with E-state index in [1.165, 1.54) is 12.5 Å². The molecule has 0 saturated carbocycles. The van der Waals surface area contributed by atoms with Gasteiger partial charge in [0.2, 0.25) is 5.91 Å². The second-order valence-corrected chi connectivity index (χ2v) is 4.51. The summed E-state index contributed by atoms with van der Waals surface area (Å²) >= 11 is 0. The van der Waals surface area contributed by atoms with Crippen molar-refractivity contribution in [3.8, 4) is 0 Å². The zero-order chi connectivity index (χ0) is 10.8. The van der Waals surface area contributed by atoms with Crippen molar-refractivity contribution in [2.45, 2.75) is 33.1 Å². The number of nitrogens with one attached hydrogen (secondary N) is 1. The maximum absolute atomic E-state index is 10.9. The van der Waals surface area contributed by atoms with Crippen LogP contribution in [0, 0.1) is 0 Å².